The van der Waals surface area contributed by atoms with Gasteiger partial charge in [-0.05, 0) is 44.2 Å². The van der Waals surface area contributed by atoms with Crippen molar-refractivity contribution in [1.82, 2.24) is 10.6 Å². The lowest BCUT2D eigenvalue weighted by Gasteiger charge is -2.22. The molecule has 3 atom stereocenters. The largest absolute Gasteiger partial charge is 0.374 e. The molecule has 5 nitrogen and oxygen atoms in total. The SMILES string of the molecule is CN=C(NCc1ccc(COC(C)C)cc1)NC1CC2CCC1O2.I. The van der Waals surface area contributed by atoms with Gasteiger partial charge in [0.25, 0.3) is 0 Å². The molecule has 2 aliphatic heterocycles. The van der Waals surface area contributed by atoms with Crippen LogP contribution in [0.4, 0.5) is 0 Å². The topological polar surface area (TPSA) is 54.9 Å². The zero-order valence-corrected chi connectivity index (χ0v) is 17.7. The van der Waals surface area contributed by atoms with E-state index in [1.807, 2.05) is 7.05 Å². The highest BCUT2D eigenvalue weighted by Crippen LogP contribution is 2.34. The third kappa shape index (κ3) is 5.82. The van der Waals surface area contributed by atoms with E-state index in [1.54, 1.807) is 0 Å². The highest BCUT2D eigenvalue weighted by Gasteiger charge is 2.41. The Bertz CT molecular complexity index is 562. The normalized spacial score (nSPS) is 25.1. The lowest BCUT2D eigenvalue weighted by Crippen LogP contribution is -2.47. The molecule has 1 aromatic carbocycles. The highest BCUT2D eigenvalue weighted by molar-refractivity contribution is 14.0. The number of nitrogens with zero attached hydrogens (tertiary/aromatic N) is 1. The van der Waals surface area contributed by atoms with E-state index in [0.717, 1.165) is 18.9 Å². The van der Waals surface area contributed by atoms with Gasteiger partial charge < -0.3 is 20.1 Å². The number of nitrogens with one attached hydrogen (secondary N) is 2. The van der Waals surface area contributed by atoms with Gasteiger partial charge in [-0.1, -0.05) is 24.3 Å². The molecule has 2 aliphatic rings. The first kappa shape index (κ1) is 20.5. The summed E-state index contributed by atoms with van der Waals surface area (Å²) in [5, 5.41) is 6.90. The first-order valence-electron chi connectivity index (χ1n) is 8.96. The van der Waals surface area contributed by atoms with Gasteiger partial charge in [-0.25, -0.2) is 0 Å². The van der Waals surface area contributed by atoms with E-state index in [0.29, 0.717) is 24.9 Å². The van der Waals surface area contributed by atoms with Gasteiger partial charge in [0.15, 0.2) is 5.96 Å². The van der Waals surface area contributed by atoms with Crippen LogP contribution in [0.3, 0.4) is 0 Å². The van der Waals surface area contributed by atoms with Gasteiger partial charge in [0, 0.05) is 13.6 Å². The molecule has 2 N–H and O–H groups in total. The zero-order chi connectivity index (χ0) is 16.9. The maximum atomic E-state index is 5.89. The summed E-state index contributed by atoms with van der Waals surface area (Å²) in [6, 6.07) is 8.92. The van der Waals surface area contributed by atoms with Crippen molar-refractivity contribution in [2.45, 2.75) is 70.6 Å². The average molecular weight is 459 g/mol. The Morgan fingerprint density at radius 1 is 1.24 bits per heavy atom. The van der Waals surface area contributed by atoms with Crippen molar-refractivity contribution in [2.75, 3.05) is 7.05 Å². The van der Waals surface area contributed by atoms with Crippen LogP contribution in [0.15, 0.2) is 29.3 Å². The number of benzene rings is 1. The molecular weight excluding hydrogens is 429 g/mol. The molecule has 0 amide bonds. The highest BCUT2D eigenvalue weighted by atomic mass is 127. The molecule has 2 saturated heterocycles. The van der Waals surface area contributed by atoms with E-state index in [1.165, 1.54) is 24.0 Å². The van der Waals surface area contributed by atoms with Gasteiger partial charge in [0.2, 0.25) is 0 Å². The van der Waals surface area contributed by atoms with E-state index >= 15 is 0 Å². The lowest BCUT2D eigenvalue weighted by atomic mass is 9.96. The molecule has 2 heterocycles. The van der Waals surface area contributed by atoms with Crippen LogP contribution < -0.4 is 10.6 Å². The molecule has 1 aromatic rings. The summed E-state index contributed by atoms with van der Waals surface area (Å²) in [7, 11) is 1.82. The molecule has 2 fully saturated rings. The van der Waals surface area contributed by atoms with Gasteiger partial charge in [-0.2, -0.15) is 0 Å². The van der Waals surface area contributed by atoms with Crippen LogP contribution in [0.5, 0.6) is 0 Å². The molecule has 6 heteroatoms. The predicted molar refractivity (Wildman–Crippen MR) is 111 cm³/mol. The number of ether oxygens (including phenoxy) is 2. The maximum Gasteiger partial charge on any atom is 0.191 e. The number of halogens is 1. The molecule has 140 valence electrons. The molecule has 0 aliphatic carbocycles. The van der Waals surface area contributed by atoms with Crippen LogP contribution in [0, 0.1) is 0 Å². The van der Waals surface area contributed by atoms with Crippen molar-refractivity contribution in [3.05, 3.63) is 35.4 Å². The Balaban J connectivity index is 0.00000225. The van der Waals surface area contributed by atoms with Gasteiger partial charge in [-0.15, -0.1) is 24.0 Å². The minimum Gasteiger partial charge on any atom is -0.374 e. The van der Waals surface area contributed by atoms with E-state index in [4.69, 9.17) is 9.47 Å². The monoisotopic (exact) mass is 459 g/mol. The zero-order valence-electron chi connectivity index (χ0n) is 15.3. The maximum absolute atomic E-state index is 5.89. The van der Waals surface area contributed by atoms with Crippen molar-refractivity contribution in [3.8, 4) is 0 Å². The minimum absolute atomic E-state index is 0. The number of rotatable bonds is 6. The van der Waals surface area contributed by atoms with Crippen molar-refractivity contribution in [2.24, 2.45) is 4.99 Å². The molecule has 0 radical (unpaired) electrons. The summed E-state index contributed by atoms with van der Waals surface area (Å²) in [5.74, 6) is 0.850. The quantitative estimate of drug-likeness (QED) is 0.390. The third-order valence-electron chi connectivity index (χ3n) is 4.72. The fraction of sp³-hybridized carbons (Fsp3) is 0.632. The number of fused-ring (bicyclic) bond motifs is 2. The summed E-state index contributed by atoms with van der Waals surface area (Å²) in [4.78, 5) is 4.34. The fourth-order valence-corrected chi connectivity index (χ4v) is 3.36. The number of aliphatic imine (C=N–C) groups is 1. The second-order valence-electron chi connectivity index (χ2n) is 6.96. The van der Waals surface area contributed by atoms with Gasteiger partial charge >= 0.3 is 0 Å². The van der Waals surface area contributed by atoms with Crippen LogP contribution in [0.25, 0.3) is 0 Å². The van der Waals surface area contributed by atoms with Crippen LogP contribution in [0.2, 0.25) is 0 Å². The Labute approximate surface area is 168 Å². The second-order valence-corrected chi connectivity index (χ2v) is 6.96. The predicted octanol–water partition coefficient (Wildman–Crippen LogP) is 3.21. The number of hydrogen-bond donors (Lipinski definition) is 2. The molecule has 0 spiro atoms. The van der Waals surface area contributed by atoms with Crippen LogP contribution in [-0.4, -0.2) is 37.4 Å². The average Bonchev–Trinajstić information content (AvgIpc) is 3.20. The fourth-order valence-electron chi connectivity index (χ4n) is 3.36. The first-order chi connectivity index (χ1) is 11.6. The summed E-state index contributed by atoms with van der Waals surface area (Å²) in [6.45, 7) is 5.53. The second kappa shape index (κ2) is 9.73. The first-order valence-corrected chi connectivity index (χ1v) is 8.96. The van der Waals surface area contributed by atoms with Gasteiger partial charge in [0.1, 0.15) is 0 Å². The van der Waals surface area contributed by atoms with Crippen molar-refractivity contribution >= 4 is 29.9 Å². The molecule has 2 bridgehead atoms. The van der Waals surface area contributed by atoms with Crippen molar-refractivity contribution < 1.29 is 9.47 Å². The smallest absolute Gasteiger partial charge is 0.191 e. The summed E-state index contributed by atoms with van der Waals surface area (Å²) in [6.07, 6.45) is 4.53. The van der Waals surface area contributed by atoms with Crippen LogP contribution >= 0.6 is 24.0 Å². The summed E-state index contributed by atoms with van der Waals surface area (Å²) in [5.41, 5.74) is 2.43. The van der Waals surface area contributed by atoms with E-state index < -0.39 is 0 Å². The summed E-state index contributed by atoms with van der Waals surface area (Å²) < 4.78 is 11.5. The Kier molecular flexibility index (Phi) is 7.96. The van der Waals surface area contributed by atoms with Gasteiger partial charge in [-0.3, -0.25) is 4.99 Å². The number of guanidine groups is 1. The van der Waals surface area contributed by atoms with Gasteiger partial charge in [0.05, 0.1) is 31.0 Å². The Morgan fingerprint density at radius 3 is 2.52 bits per heavy atom. The molecule has 0 aromatic heterocycles. The lowest BCUT2D eigenvalue weighted by molar-refractivity contribution is 0.0657. The van der Waals surface area contributed by atoms with Crippen LogP contribution in [0.1, 0.15) is 44.2 Å². The molecule has 3 unspecified atom stereocenters. The Hall–Kier alpha value is -0.860. The van der Waals surface area contributed by atoms with E-state index in [2.05, 4.69) is 53.7 Å². The summed E-state index contributed by atoms with van der Waals surface area (Å²) >= 11 is 0. The van der Waals surface area contributed by atoms with Crippen molar-refractivity contribution in [3.63, 3.8) is 0 Å². The number of hydrogen-bond acceptors (Lipinski definition) is 3. The molecule has 3 rings (SSSR count). The third-order valence-corrected chi connectivity index (χ3v) is 4.72. The van der Waals surface area contributed by atoms with Crippen LogP contribution in [-0.2, 0) is 22.6 Å². The molecular formula is C19H30IN3O2. The van der Waals surface area contributed by atoms with E-state index in [-0.39, 0.29) is 30.1 Å². The molecule has 0 saturated carbocycles. The standard InChI is InChI=1S/C19H29N3O2.HI/c1-13(2)23-12-15-6-4-14(5-7-15)11-21-19(20-3)22-17-10-16-8-9-18(17)24-16;/h4-7,13,16-18H,8-12H2,1-3H3,(H2,20,21,22);1H. The Morgan fingerprint density at radius 2 is 1.96 bits per heavy atom. The minimum atomic E-state index is 0. The molecule has 25 heavy (non-hydrogen) atoms. The van der Waals surface area contributed by atoms with Crippen molar-refractivity contribution in [1.29, 1.82) is 0 Å². The van der Waals surface area contributed by atoms with E-state index in [9.17, 15) is 0 Å².